The summed E-state index contributed by atoms with van der Waals surface area (Å²) in [5, 5.41) is 4.09. The number of hydrogen-bond donors (Lipinski definition) is 0. The molecule has 0 bridgehead atoms. The Morgan fingerprint density at radius 1 is 1.25 bits per heavy atom. The van der Waals surface area contributed by atoms with Gasteiger partial charge >= 0.3 is 0 Å². The van der Waals surface area contributed by atoms with E-state index in [0.717, 1.165) is 32.5 Å². The lowest BCUT2D eigenvalue weighted by Crippen LogP contribution is -2.51. The number of ether oxygens (including phenoxy) is 2. The molecule has 3 heterocycles. The number of hydrogen-bond acceptors (Lipinski definition) is 7. The predicted molar refractivity (Wildman–Crippen MR) is 104 cm³/mol. The van der Waals surface area contributed by atoms with Gasteiger partial charge < -0.3 is 18.9 Å². The summed E-state index contributed by atoms with van der Waals surface area (Å²) in [6.45, 7) is 12.9. The minimum Gasteiger partial charge on any atom is -0.376 e. The third-order valence-corrected chi connectivity index (χ3v) is 5.31. The van der Waals surface area contributed by atoms with Crippen LogP contribution in [0.15, 0.2) is 4.52 Å². The van der Waals surface area contributed by atoms with Gasteiger partial charge in [0.05, 0.1) is 19.3 Å². The SMILES string of the molecule is C[C@@H](OC[C@H]1CCCCO1)C(=O)N1CCN(Cc2noc(C(C)(C)C)n2)CC1. The van der Waals surface area contributed by atoms with Crippen LogP contribution in [-0.4, -0.2) is 77.4 Å². The molecule has 2 saturated heterocycles. The van der Waals surface area contributed by atoms with Crippen LogP contribution in [0.4, 0.5) is 0 Å². The zero-order valence-electron chi connectivity index (χ0n) is 17.6. The van der Waals surface area contributed by atoms with Gasteiger partial charge in [-0.05, 0) is 26.2 Å². The summed E-state index contributed by atoms with van der Waals surface area (Å²) >= 11 is 0. The van der Waals surface area contributed by atoms with Gasteiger partial charge in [-0.25, -0.2) is 0 Å². The summed E-state index contributed by atoms with van der Waals surface area (Å²) in [7, 11) is 0. The quantitative estimate of drug-likeness (QED) is 0.730. The Hall–Kier alpha value is -1.51. The van der Waals surface area contributed by atoms with Crippen molar-refractivity contribution in [3.8, 4) is 0 Å². The molecule has 158 valence electrons. The van der Waals surface area contributed by atoms with Crippen molar-refractivity contribution in [3.05, 3.63) is 11.7 Å². The normalized spacial score (nSPS) is 23.0. The molecule has 28 heavy (non-hydrogen) atoms. The van der Waals surface area contributed by atoms with Gasteiger partial charge in [0.15, 0.2) is 5.82 Å². The number of amides is 1. The number of aromatic nitrogens is 2. The molecule has 0 unspecified atom stereocenters. The molecular weight excluding hydrogens is 360 g/mol. The smallest absolute Gasteiger partial charge is 0.251 e. The third-order valence-electron chi connectivity index (χ3n) is 5.31. The van der Waals surface area contributed by atoms with Gasteiger partial charge in [0.2, 0.25) is 5.89 Å². The summed E-state index contributed by atoms with van der Waals surface area (Å²) in [6.07, 6.45) is 3.02. The van der Waals surface area contributed by atoms with Crippen molar-refractivity contribution >= 4 is 5.91 Å². The van der Waals surface area contributed by atoms with E-state index in [1.165, 1.54) is 6.42 Å². The van der Waals surface area contributed by atoms with E-state index in [0.29, 0.717) is 38.0 Å². The van der Waals surface area contributed by atoms with E-state index in [2.05, 4.69) is 35.8 Å². The minimum atomic E-state index is -0.427. The van der Waals surface area contributed by atoms with Crippen molar-refractivity contribution in [1.29, 1.82) is 0 Å². The molecule has 0 spiro atoms. The Bertz CT molecular complexity index is 628. The number of carbonyl (C=O) groups is 1. The van der Waals surface area contributed by atoms with Crippen LogP contribution in [0.1, 0.15) is 58.7 Å². The van der Waals surface area contributed by atoms with Crippen molar-refractivity contribution in [3.63, 3.8) is 0 Å². The third kappa shape index (κ3) is 5.75. The molecule has 2 fully saturated rings. The van der Waals surface area contributed by atoms with Gasteiger partial charge in [0, 0.05) is 38.2 Å². The zero-order valence-corrected chi connectivity index (χ0v) is 17.6. The largest absolute Gasteiger partial charge is 0.376 e. The minimum absolute atomic E-state index is 0.0602. The van der Waals surface area contributed by atoms with E-state index in [1.54, 1.807) is 0 Å². The monoisotopic (exact) mass is 394 g/mol. The lowest BCUT2D eigenvalue weighted by Gasteiger charge is -2.35. The van der Waals surface area contributed by atoms with Crippen molar-refractivity contribution < 1.29 is 18.8 Å². The van der Waals surface area contributed by atoms with Crippen LogP contribution >= 0.6 is 0 Å². The topological polar surface area (TPSA) is 80.9 Å². The second kappa shape index (κ2) is 9.33. The molecule has 1 aromatic heterocycles. The van der Waals surface area contributed by atoms with Crippen LogP contribution < -0.4 is 0 Å². The summed E-state index contributed by atoms with van der Waals surface area (Å²) in [6, 6.07) is 0. The first-order valence-electron chi connectivity index (χ1n) is 10.4. The highest BCUT2D eigenvalue weighted by atomic mass is 16.5. The summed E-state index contributed by atoms with van der Waals surface area (Å²) < 4.78 is 16.8. The predicted octanol–water partition coefficient (Wildman–Crippen LogP) is 1.99. The second-order valence-electron chi connectivity index (χ2n) is 8.83. The summed E-state index contributed by atoms with van der Waals surface area (Å²) in [5.74, 6) is 1.42. The van der Waals surface area contributed by atoms with E-state index in [9.17, 15) is 4.79 Å². The molecule has 2 aliphatic heterocycles. The van der Waals surface area contributed by atoms with Gasteiger partial charge in [0.1, 0.15) is 6.10 Å². The Morgan fingerprint density at radius 3 is 2.61 bits per heavy atom. The van der Waals surface area contributed by atoms with Crippen LogP contribution in [0.2, 0.25) is 0 Å². The molecule has 0 N–H and O–H groups in total. The average Bonchev–Trinajstić information content (AvgIpc) is 3.16. The van der Waals surface area contributed by atoms with Crippen LogP contribution in [0, 0.1) is 0 Å². The first kappa shape index (κ1) is 21.2. The molecule has 8 nitrogen and oxygen atoms in total. The molecule has 2 atom stereocenters. The average molecular weight is 395 g/mol. The van der Waals surface area contributed by atoms with Crippen LogP contribution in [0.3, 0.4) is 0 Å². The number of nitrogens with zero attached hydrogens (tertiary/aromatic N) is 4. The van der Waals surface area contributed by atoms with Crippen molar-refractivity contribution in [2.75, 3.05) is 39.4 Å². The van der Waals surface area contributed by atoms with Gasteiger partial charge in [-0.2, -0.15) is 4.98 Å². The number of piperazine rings is 1. The maximum Gasteiger partial charge on any atom is 0.251 e. The Kier molecular flexibility index (Phi) is 7.06. The molecule has 3 rings (SSSR count). The van der Waals surface area contributed by atoms with Gasteiger partial charge in [-0.3, -0.25) is 9.69 Å². The Labute approximate surface area is 167 Å². The van der Waals surface area contributed by atoms with E-state index in [4.69, 9.17) is 14.0 Å². The molecule has 0 radical (unpaired) electrons. The highest BCUT2D eigenvalue weighted by molar-refractivity contribution is 5.80. The van der Waals surface area contributed by atoms with E-state index < -0.39 is 6.10 Å². The fourth-order valence-electron chi connectivity index (χ4n) is 3.47. The summed E-state index contributed by atoms with van der Waals surface area (Å²) in [5.41, 5.74) is -0.144. The van der Waals surface area contributed by atoms with Crippen molar-refractivity contribution in [2.45, 2.75) is 71.1 Å². The molecule has 1 amide bonds. The van der Waals surface area contributed by atoms with Gasteiger partial charge in [-0.1, -0.05) is 25.9 Å². The highest BCUT2D eigenvalue weighted by Crippen LogP contribution is 2.20. The number of carbonyl (C=O) groups excluding carboxylic acids is 1. The zero-order chi connectivity index (χ0) is 20.1. The van der Waals surface area contributed by atoms with Crippen LogP contribution in [-0.2, 0) is 26.2 Å². The molecule has 2 aliphatic rings. The van der Waals surface area contributed by atoms with Gasteiger partial charge in [-0.15, -0.1) is 0 Å². The van der Waals surface area contributed by atoms with E-state index in [1.807, 2.05) is 11.8 Å². The molecule has 1 aromatic rings. The fraction of sp³-hybridized carbons (Fsp3) is 0.850. The van der Waals surface area contributed by atoms with Crippen molar-refractivity contribution in [1.82, 2.24) is 19.9 Å². The highest BCUT2D eigenvalue weighted by Gasteiger charge is 2.28. The van der Waals surface area contributed by atoms with Crippen molar-refractivity contribution in [2.24, 2.45) is 0 Å². The lowest BCUT2D eigenvalue weighted by molar-refractivity contribution is -0.147. The van der Waals surface area contributed by atoms with E-state index >= 15 is 0 Å². The Morgan fingerprint density at radius 2 is 2.00 bits per heavy atom. The maximum absolute atomic E-state index is 12.7. The molecular formula is C20H34N4O4. The molecule has 0 aromatic carbocycles. The second-order valence-corrected chi connectivity index (χ2v) is 8.83. The fourth-order valence-corrected chi connectivity index (χ4v) is 3.47. The number of rotatable bonds is 6. The maximum atomic E-state index is 12.7. The molecule has 0 aliphatic carbocycles. The Balaban J connectivity index is 1.40. The molecule has 0 saturated carbocycles. The van der Waals surface area contributed by atoms with Crippen LogP contribution in [0.25, 0.3) is 0 Å². The standard InChI is InChI=1S/C20H34N4O4/c1-15(27-14-16-7-5-6-12-26-16)18(25)24-10-8-23(9-11-24)13-17-21-19(28-22-17)20(2,3)4/h15-16H,5-14H2,1-4H3/t15-,16-/m1/s1. The summed E-state index contributed by atoms with van der Waals surface area (Å²) in [4.78, 5) is 21.3. The van der Waals surface area contributed by atoms with E-state index in [-0.39, 0.29) is 17.4 Å². The molecule has 8 heteroatoms. The van der Waals surface area contributed by atoms with Crippen LogP contribution in [0.5, 0.6) is 0 Å². The first-order valence-corrected chi connectivity index (χ1v) is 10.4. The van der Waals surface area contributed by atoms with Gasteiger partial charge in [0.25, 0.3) is 5.91 Å². The lowest BCUT2D eigenvalue weighted by atomic mass is 9.97. The first-order chi connectivity index (χ1) is 13.3.